The molecule has 0 fully saturated rings. The summed E-state index contributed by atoms with van der Waals surface area (Å²) in [4.78, 5) is 11.0. The molecule has 0 aromatic heterocycles. The summed E-state index contributed by atoms with van der Waals surface area (Å²) in [7, 11) is 1.69. The minimum Gasteiger partial charge on any atom is -0.366 e. The number of hydrogen-bond donors (Lipinski definition) is 5. The molecule has 1 atom stereocenters. The van der Waals surface area contributed by atoms with Crippen LogP contribution in [-0.4, -0.2) is 53.0 Å². The molecule has 0 bridgehead atoms. The number of nitrogens with one attached hydrogen (secondary N) is 2. The lowest BCUT2D eigenvalue weighted by molar-refractivity contribution is -0.103. The molecule has 0 aliphatic heterocycles. The number of aldehydes is 1. The van der Waals surface area contributed by atoms with Crippen LogP contribution in [0, 0.1) is 5.41 Å². The fraction of sp³-hybridized carbons (Fsp3) is 0.542. The van der Waals surface area contributed by atoms with Crippen molar-refractivity contribution < 1.29 is 9.53 Å². The predicted octanol–water partition coefficient (Wildman–Crippen LogP) is 3.87. The van der Waals surface area contributed by atoms with E-state index in [1.165, 1.54) is 0 Å². The third-order valence-electron chi connectivity index (χ3n) is 5.49. The van der Waals surface area contributed by atoms with Crippen LogP contribution in [0.25, 0.3) is 0 Å². The molecule has 0 heterocycles. The maximum Gasteiger partial charge on any atom is 0.180 e. The van der Waals surface area contributed by atoms with E-state index in [-0.39, 0.29) is 11.0 Å². The lowest BCUT2D eigenvalue weighted by Gasteiger charge is -2.39. The standard InChI is InChI=1S/C24H39N7O2S2/c1-16(19(29-30-20(34)26-8)18-11-9-17(15-32)10-12-18)28-31-21(35)27-23(5,6)13-14-33-24(7,25)22(2,3)4/h9-12,15H,13-14,25H2,1-8H3,(H2,26,30,34)(H2,27,31,35)/b28-16+,29-19-. The molecular formula is C24H39N7O2S2. The average Bonchev–Trinajstić information content (AvgIpc) is 2.76. The summed E-state index contributed by atoms with van der Waals surface area (Å²) in [6, 6.07) is 6.92. The Hall–Kier alpha value is -2.21. The molecule has 0 amide bonds. The van der Waals surface area contributed by atoms with Crippen LogP contribution in [0.1, 0.15) is 70.8 Å². The van der Waals surface area contributed by atoms with Crippen LogP contribution < -0.4 is 16.4 Å². The quantitative estimate of drug-likeness (QED) is 0.0798. The van der Waals surface area contributed by atoms with Gasteiger partial charge in [0.15, 0.2) is 10.3 Å². The van der Waals surface area contributed by atoms with Crippen LogP contribution in [-0.2, 0) is 4.74 Å². The second-order valence-electron chi connectivity index (χ2n) is 9.94. The van der Waals surface area contributed by atoms with Crippen molar-refractivity contribution in [2.24, 2.45) is 31.6 Å². The molecule has 9 nitrogen and oxygen atoms in total. The first kappa shape index (κ1) is 30.8. The zero-order valence-electron chi connectivity index (χ0n) is 21.9. The normalized spacial score (nSPS) is 16.1. The van der Waals surface area contributed by atoms with Crippen molar-refractivity contribution in [2.45, 2.75) is 66.2 Å². The van der Waals surface area contributed by atoms with Crippen molar-refractivity contribution in [2.75, 3.05) is 13.7 Å². The maximum absolute atomic E-state index is 11.0. The maximum atomic E-state index is 11.0. The monoisotopic (exact) mass is 521 g/mol. The third kappa shape index (κ3) is 10.5. The largest absolute Gasteiger partial charge is 0.366 e. The van der Waals surface area contributed by atoms with Gasteiger partial charge in [-0.25, -0.2) is 0 Å². The van der Waals surface area contributed by atoms with E-state index in [1.54, 1.807) is 38.2 Å². The van der Waals surface area contributed by atoms with Crippen molar-refractivity contribution in [3.8, 4) is 0 Å². The van der Waals surface area contributed by atoms with Gasteiger partial charge < -0.3 is 21.1 Å². The van der Waals surface area contributed by atoms with E-state index in [4.69, 9.17) is 10.5 Å². The second-order valence-corrected chi connectivity index (χ2v) is 10.8. The summed E-state index contributed by atoms with van der Waals surface area (Å²) < 4.78 is 5.95. The van der Waals surface area contributed by atoms with Gasteiger partial charge in [-0.05, 0) is 34.1 Å². The zero-order chi connectivity index (χ0) is 26.9. The fourth-order valence-corrected chi connectivity index (χ4v) is 2.89. The van der Waals surface area contributed by atoms with Crippen LogP contribution in [0.2, 0.25) is 0 Å². The Morgan fingerprint density at radius 1 is 1.00 bits per heavy atom. The molecule has 35 heavy (non-hydrogen) atoms. The van der Waals surface area contributed by atoms with Gasteiger partial charge in [-0.15, -0.1) is 40.6 Å². The summed E-state index contributed by atoms with van der Waals surface area (Å²) >= 11 is 8.63. The topological polar surface area (TPSA) is 126 Å². The van der Waals surface area contributed by atoms with Crippen LogP contribution in [0.5, 0.6) is 0 Å². The molecule has 1 rings (SSSR count). The Balaban J connectivity index is 3.01. The first-order valence-electron chi connectivity index (χ1n) is 11.2. The van der Waals surface area contributed by atoms with Crippen LogP contribution >= 0.6 is 25.3 Å². The summed E-state index contributed by atoms with van der Waals surface area (Å²) in [5.74, 6) is 0. The molecule has 0 aliphatic rings. The Bertz CT molecular complexity index is 977. The molecule has 0 aliphatic carbocycles. The van der Waals surface area contributed by atoms with Crippen molar-refractivity contribution in [1.29, 1.82) is 0 Å². The predicted molar refractivity (Wildman–Crippen MR) is 153 cm³/mol. The smallest absolute Gasteiger partial charge is 0.180 e. The highest BCUT2D eigenvalue weighted by Gasteiger charge is 2.35. The van der Waals surface area contributed by atoms with Gasteiger partial charge in [-0.1, -0.05) is 45.0 Å². The molecule has 1 aromatic rings. The highest BCUT2D eigenvalue weighted by molar-refractivity contribution is 7.97. The van der Waals surface area contributed by atoms with E-state index >= 15 is 0 Å². The van der Waals surface area contributed by atoms with Gasteiger partial charge in [0, 0.05) is 29.1 Å². The molecule has 11 heteroatoms. The number of amidine groups is 2. The Morgan fingerprint density at radius 2 is 1.57 bits per heavy atom. The number of carbonyl (C=O) groups excluding carboxylic acids is 1. The number of nitrogens with zero attached hydrogens (tertiary/aromatic N) is 4. The first-order valence-corrected chi connectivity index (χ1v) is 12.1. The molecule has 1 aromatic carbocycles. The van der Waals surface area contributed by atoms with E-state index in [9.17, 15) is 4.79 Å². The zero-order valence-corrected chi connectivity index (χ0v) is 23.7. The average molecular weight is 522 g/mol. The van der Waals surface area contributed by atoms with E-state index < -0.39 is 5.72 Å². The third-order valence-corrected chi connectivity index (χ3v) is 6.01. The van der Waals surface area contributed by atoms with Crippen LogP contribution in [0.4, 0.5) is 0 Å². The van der Waals surface area contributed by atoms with Gasteiger partial charge in [-0.2, -0.15) is 5.10 Å². The fourth-order valence-electron chi connectivity index (χ4n) is 2.50. The highest BCUT2D eigenvalue weighted by Crippen LogP contribution is 2.29. The highest BCUT2D eigenvalue weighted by atomic mass is 32.1. The number of rotatable bonds is 10. The van der Waals surface area contributed by atoms with Crippen LogP contribution in [0.3, 0.4) is 0 Å². The van der Waals surface area contributed by atoms with Gasteiger partial charge in [0.25, 0.3) is 0 Å². The lowest BCUT2D eigenvalue weighted by Crippen LogP contribution is -2.52. The molecular weight excluding hydrogens is 482 g/mol. The van der Waals surface area contributed by atoms with Crippen molar-refractivity contribution in [3.05, 3.63) is 35.4 Å². The SMILES string of the molecule is CN/C(S)=N/N=C(/C(C)=N/N=C(\S)NC(C)(C)CCOC(C)(N)C(C)(C)C)c1ccc(C=O)cc1. The number of thiol groups is 2. The number of nitrogens with two attached hydrogens (primary N) is 1. The van der Waals surface area contributed by atoms with E-state index in [1.807, 2.05) is 41.5 Å². The second kappa shape index (κ2) is 13.2. The minimum absolute atomic E-state index is 0.190. The summed E-state index contributed by atoms with van der Waals surface area (Å²) in [6.07, 6.45) is 1.46. The van der Waals surface area contributed by atoms with Crippen LogP contribution in [0.15, 0.2) is 44.7 Å². The molecule has 0 spiro atoms. The molecule has 1 unspecified atom stereocenters. The molecule has 4 N–H and O–H groups in total. The first-order chi connectivity index (χ1) is 16.1. The number of ether oxygens (including phenoxy) is 1. The van der Waals surface area contributed by atoms with E-state index in [0.29, 0.717) is 40.3 Å². The van der Waals surface area contributed by atoms with Crippen molar-refractivity contribution in [3.63, 3.8) is 0 Å². The lowest BCUT2D eigenvalue weighted by atomic mass is 9.85. The summed E-state index contributed by atoms with van der Waals surface area (Å²) in [6.45, 7) is 14.3. The van der Waals surface area contributed by atoms with Gasteiger partial charge >= 0.3 is 0 Å². The Morgan fingerprint density at radius 3 is 2.09 bits per heavy atom. The summed E-state index contributed by atoms with van der Waals surface area (Å²) in [5, 5.41) is 23.5. The number of benzene rings is 1. The molecule has 0 saturated carbocycles. The number of hydrogen-bond acceptors (Lipinski definition) is 7. The Kier molecular flexibility index (Phi) is 11.6. The number of carbonyl (C=O) groups is 1. The van der Waals surface area contributed by atoms with Crippen molar-refractivity contribution in [1.82, 2.24) is 10.6 Å². The van der Waals surface area contributed by atoms with Gasteiger partial charge in [0.05, 0.1) is 12.3 Å². The molecule has 0 saturated heterocycles. The summed E-state index contributed by atoms with van der Waals surface area (Å²) in [5.41, 5.74) is 7.27. The molecule has 0 radical (unpaired) electrons. The van der Waals surface area contributed by atoms with E-state index in [2.05, 4.69) is 56.3 Å². The van der Waals surface area contributed by atoms with Gasteiger partial charge in [-0.3, -0.25) is 4.79 Å². The minimum atomic E-state index is -0.745. The van der Waals surface area contributed by atoms with Gasteiger partial charge in [0.2, 0.25) is 0 Å². The Labute approximate surface area is 220 Å². The van der Waals surface area contributed by atoms with E-state index in [0.717, 1.165) is 11.8 Å². The van der Waals surface area contributed by atoms with Crippen molar-refractivity contribution >= 4 is 53.3 Å². The van der Waals surface area contributed by atoms with Gasteiger partial charge in [0.1, 0.15) is 17.7 Å². The molecule has 194 valence electrons.